The van der Waals surface area contributed by atoms with Gasteiger partial charge in [0.05, 0.1) is 36.4 Å². The zero-order valence-electron chi connectivity index (χ0n) is 15.9. The molecule has 0 saturated carbocycles. The zero-order valence-corrected chi connectivity index (χ0v) is 15.9. The first-order valence-corrected chi connectivity index (χ1v) is 9.69. The average Bonchev–Trinajstić information content (AvgIpc) is 3.25. The number of fused-ring (bicyclic) bond motifs is 1. The molecule has 0 radical (unpaired) electrons. The van der Waals surface area contributed by atoms with Gasteiger partial charge in [0.1, 0.15) is 5.76 Å². The highest BCUT2D eigenvalue weighted by Gasteiger charge is 2.28. The van der Waals surface area contributed by atoms with Gasteiger partial charge in [0, 0.05) is 13.1 Å². The van der Waals surface area contributed by atoms with Crippen molar-refractivity contribution in [3.05, 3.63) is 48.4 Å². The molecule has 3 heterocycles. The molecule has 7 heteroatoms. The maximum atomic E-state index is 12.6. The number of aromatic nitrogens is 2. The van der Waals surface area contributed by atoms with E-state index in [-0.39, 0.29) is 11.8 Å². The highest BCUT2D eigenvalue weighted by atomic mass is 16.5. The van der Waals surface area contributed by atoms with Gasteiger partial charge in [-0.15, -0.1) is 0 Å². The second-order valence-electron chi connectivity index (χ2n) is 6.86. The van der Waals surface area contributed by atoms with Crippen LogP contribution in [0.25, 0.3) is 11.0 Å². The molecule has 1 aromatic carbocycles. The number of nitrogens with zero attached hydrogens (tertiary/aromatic N) is 3. The minimum Gasteiger partial charge on any atom is -0.475 e. The van der Waals surface area contributed by atoms with Crippen LogP contribution in [0.4, 0.5) is 5.82 Å². The monoisotopic (exact) mass is 380 g/mol. The Morgan fingerprint density at radius 1 is 1.25 bits per heavy atom. The van der Waals surface area contributed by atoms with Crippen molar-refractivity contribution in [2.75, 3.05) is 24.6 Å². The molecule has 1 atom stereocenters. The number of rotatable bonds is 6. The number of nitrogens with one attached hydrogen (secondary N) is 1. The first-order chi connectivity index (χ1) is 13.7. The van der Waals surface area contributed by atoms with E-state index in [0.717, 1.165) is 36.2 Å². The van der Waals surface area contributed by atoms with Crippen LogP contribution in [0.15, 0.2) is 47.1 Å². The van der Waals surface area contributed by atoms with Gasteiger partial charge in [0.25, 0.3) is 5.88 Å². The average molecular weight is 380 g/mol. The standard InChI is InChI=1S/C21H24N4O3/c1-2-27-21-19(23-17-9-3-4-10-18(17)24-21)25-11-5-7-15(14-25)20(26)22-13-16-8-6-12-28-16/h3-4,6,8-10,12,15H,2,5,7,11,13-14H2,1H3,(H,22,26)/t15-/m0/s1. The minimum absolute atomic E-state index is 0.0350. The van der Waals surface area contributed by atoms with E-state index in [1.54, 1.807) is 6.26 Å². The number of hydrogen-bond acceptors (Lipinski definition) is 6. The number of carbonyl (C=O) groups excluding carboxylic acids is 1. The molecule has 28 heavy (non-hydrogen) atoms. The third kappa shape index (κ3) is 3.93. The Morgan fingerprint density at radius 2 is 2.07 bits per heavy atom. The molecule has 4 rings (SSSR count). The van der Waals surface area contributed by atoms with Crippen LogP contribution in [-0.2, 0) is 11.3 Å². The largest absolute Gasteiger partial charge is 0.475 e. The maximum Gasteiger partial charge on any atom is 0.258 e. The molecule has 146 valence electrons. The van der Waals surface area contributed by atoms with Crippen LogP contribution in [0.2, 0.25) is 0 Å². The molecule has 7 nitrogen and oxygen atoms in total. The third-order valence-electron chi connectivity index (χ3n) is 4.91. The lowest BCUT2D eigenvalue weighted by Gasteiger charge is -2.33. The highest BCUT2D eigenvalue weighted by Crippen LogP contribution is 2.30. The normalized spacial score (nSPS) is 16.9. The molecule has 0 bridgehead atoms. The van der Waals surface area contributed by atoms with Crippen molar-refractivity contribution in [1.29, 1.82) is 0 Å². The van der Waals surface area contributed by atoms with E-state index in [4.69, 9.17) is 14.1 Å². The van der Waals surface area contributed by atoms with E-state index in [2.05, 4.69) is 15.2 Å². The second-order valence-corrected chi connectivity index (χ2v) is 6.86. The fraction of sp³-hybridized carbons (Fsp3) is 0.381. The summed E-state index contributed by atoms with van der Waals surface area (Å²) in [5.74, 6) is 1.92. The Kier molecular flexibility index (Phi) is 5.41. The van der Waals surface area contributed by atoms with Crippen LogP contribution in [0, 0.1) is 5.92 Å². The summed E-state index contributed by atoms with van der Waals surface area (Å²) >= 11 is 0. The fourth-order valence-corrected chi connectivity index (χ4v) is 3.53. The molecule has 0 spiro atoms. The van der Waals surface area contributed by atoms with E-state index < -0.39 is 0 Å². The Morgan fingerprint density at radius 3 is 2.82 bits per heavy atom. The molecule has 0 unspecified atom stereocenters. The van der Waals surface area contributed by atoms with Crippen LogP contribution >= 0.6 is 0 Å². The Bertz CT molecular complexity index is 942. The van der Waals surface area contributed by atoms with Gasteiger partial charge in [-0.2, -0.15) is 0 Å². The number of furan rings is 1. The highest BCUT2D eigenvalue weighted by molar-refractivity contribution is 5.80. The topological polar surface area (TPSA) is 80.5 Å². The van der Waals surface area contributed by atoms with Crippen molar-refractivity contribution in [3.8, 4) is 5.88 Å². The zero-order chi connectivity index (χ0) is 19.3. The number of amides is 1. The molecule has 1 aliphatic rings. The summed E-state index contributed by atoms with van der Waals surface area (Å²) in [6.07, 6.45) is 3.38. The number of para-hydroxylation sites is 2. The summed E-state index contributed by atoms with van der Waals surface area (Å²) in [5, 5.41) is 2.97. The van der Waals surface area contributed by atoms with Gasteiger partial charge in [-0.25, -0.2) is 9.97 Å². The van der Waals surface area contributed by atoms with Crippen LogP contribution in [-0.4, -0.2) is 35.6 Å². The summed E-state index contributed by atoms with van der Waals surface area (Å²) in [4.78, 5) is 24.2. The minimum atomic E-state index is -0.105. The van der Waals surface area contributed by atoms with E-state index >= 15 is 0 Å². The van der Waals surface area contributed by atoms with E-state index in [1.165, 1.54) is 0 Å². The lowest BCUT2D eigenvalue weighted by atomic mass is 9.97. The van der Waals surface area contributed by atoms with E-state index in [1.807, 2.05) is 43.3 Å². The molecular formula is C21H24N4O3. The Balaban J connectivity index is 1.52. The van der Waals surface area contributed by atoms with Crippen molar-refractivity contribution < 1.29 is 13.9 Å². The lowest BCUT2D eigenvalue weighted by Crippen LogP contribution is -2.43. The first-order valence-electron chi connectivity index (χ1n) is 9.69. The fourth-order valence-electron chi connectivity index (χ4n) is 3.53. The second kappa shape index (κ2) is 8.29. The van der Waals surface area contributed by atoms with Crippen molar-refractivity contribution in [1.82, 2.24) is 15.3 Å². The van der Waals surface area contributed by atoms with Gasteiger partial charge in [-0.05, 0) is 44.0 Å². The molecule has 1 aliphatic heterocycles. The summed E-state index contributed by atoms with van der Waals surface area (Å²) in [6, 6.07) is 11.4. The van der Waals surface area contributed by atoms with Crippen molar-refractivity contribution in [3.63, 3.8) is 0 Å². The number of hydrogen-bond donors (Lipinski definition) is 1. The van der Waals surface area contributed by atoms with Crippen LogP contribution in [0.5, 0.6) is 5.88 Å². The van der Waals surface area contributed by atoms with Gasteiger partial charge >= 0.3 is 0 Å². The first kappa shape index (κ1) is 18.3. The van der Waals surface area contributed by atoms with Gasteiger partial charge in [0.15, 0.2) is 5.82 Å². The molecule has 1 fully saturated rings. The molecular weight excluding hydrogens is 356 g/mol. The number of piperidine rings is 1. The third-order valence-corrected chi connectivity index (χ3v) is 4.91. The molecule has 1 amide bonds. The Hall–Kier alpha value is -3.09. The van der Waals surface area contributed by atoms with Gasteiger partial charge in [-0.3, -0.25) is 4.79 Å². The van der Waals surface area contributed by atoms with E-state index in [9.17, 15) is 4.79 Å². The molecule has 1 N–H and O–H groups in total. The van der Waals surface area contributed by atoms with Gasteiger partial charge in [-0.1, -0.05) is 12.1 Å². The Labute approximate surface area is 163 Å². The maximum absolute atomic E-state index is 12.6. The molecule has 2 aromatic heterocycles. The lowest BCUT2D eigenvalue weighted by molar-refractivity contribution is -0.125. The van der Waals surface area contributed by atoms with Crippen LogP contribution < -0.4 is 15.0 Å². The van der Waals surface area contributed by atoms with Crippen molar-refractivity contribution in [2.45, 2.75) is 26.3 Å². The molecule has 1 saturated heterocycles. The summed E-state index contributed by atoms with van der Waals surface area (Å²) < 4.78 is 11.0. The van der Waals surface area contributed by atoms with Crippen molar-refractivity contribution >= 4 is 22.8 Å². The van der Waals surface area contributed by atoms with Gasteiger partial charge in [0.2, 0.25) is 5.91 Å². The number of carbonyl (C=O) groups is 1. The smallest absolute Gasteiger partial charge is 0.258 e. The van der Waals surface area contributed by atoms with Gasteiger partial charge < -0.3 is 19.4 Å². The number of benzene rings is 1. The number of ether oxygens (including phenoxy) is 1. The van der Waals surface area contributed by atoms with E-state index in [0.29, 0.717) is 31.4 Å². The van der Waals surface area contributed by atoms with Crippen molar-refractivity contribution in [2.24, 2.45) is 5.92 Å². The van der Waals surface area contributed by atoms with Crippen LogP contribution in [0.3, 0.4) is 0 Å². The quantitative estimate of drug-likeness (QED) is 0.708. The molecule has 0 aliphatic carbocycles. The van der Waals surface area contributed by atoms with Crippen LogP contribution in [0.1, 0.15) is 25.5 Å². The number of anilines is 1. The summed E-state index contributed by atoms with van der Waals surface area (Å²) in [5.41, 5.74) is 1.63. The SMILES string of the molecule is CCOc1nc2ccccc2nc1N1CCC[C@H](C(=O)NCc2ccco2)C1. The predicted molar refractivity (Wildman–Crippen MR) is 106 cm³/mol. The summed E-state index contributed by atoms with van der Waals surface area (Å²) in [7, 11) is 0. The predicted octanol–water partition coefficient (Wildman–Crippen LogP) is 3.15. The molecule has 3 aromatic rings. The summed E-state index contributed by atoms with van der Waals surface area (Å²) in [6.45, 7) is 4.27.